The monoisotopic (exact) mass is 268 g/mol. The molecule has 0 aromatic heterocycles. The van der Waals surface area contributed by atoms with Crippen LogP contribution >= 0.6 is 0 Å². The summed E-state index contributed by atoms with van der Waals surface area (Å²) in [4.78, 5) is 0. The molecule has 2 aliphatic heterocycles. The first-order valence-electron chi connectivity index (χ1n) is 8.03. The lowest BCUT2D eigenvalue weighted by atomic mass is 10.1. The van der Waals surface area contributed by atoms with Crippen LogP contribution in [0.3, 0.4) is 0 Å². The van der Waals surface area contributed by atoms with Crippen molar-refractivity contribution in [3.05, 3.63) is 11.5 Å². The highest BCUT2D eigenvalue weighted by Gasteiger charge is 2.26. The SMILES string of the molecule is CCCCCCCCCC1OC/C(=C2\CCCO2)O1. The maximum atomic E-state index is 5.82. The van der Waals surface area contributed by atoms with E-state index in [1.807, 2.05) is 0 Å². The molecule has 0 saturated carbocycles. The molecule has 0 aliphatic carbocycles. The van der Waals surface area contributed by atoms with Gasteiger partial charge in [0.15, 0.2) is 12.0 Å². The summed E-state index contributed by atoms with van der Waals surface area (Å²) in [5, 5.41) is 0. The van der Waals surface area contributed by atoms with Crippen molar-refractivity contribution in [1.82, 2.24) is 0 Å². The molecule has 0 aromatic carbocycles. The normalized spacial score (nSPS) is 26.5. The van der Waals surface area contributed by atoms with Gasteiger partial charge >= 0.3 is 0 Å². The van der Waals surface area contributed by atoms with E-state index in [2.05, 4.69) is 6.92 Å². The van der Waals surface area contributed by atoms with E-state index in [0.29, 0.717) is 6.61 Å². The van der Waals surface area contributed by atoms with Crippen LogP contribution in [0.4, 0.5) is 0 Å². The van der Waals surface area contributed by atoms with Gasteiger partial charge in [0.25, 0.3) is 0 Å². The molecule has 0 radical (unpaired) electrons. The Morgan fingerprint density at radius 3 is 2.53 bits per heavy atom. The second kappa shape index (κ2) is 8.47. The van der Waals surface area contributed by atoms with Gasteiger partial charge in [0.1, 0.15) is 12.4 Å². The summed E-state index contributed by atoms with van der Waals surface area (Å²) >= 11 is 0. The minimum atomic E-state index is -0.0256. The van der Waals surface area contributed by atoms with Gasteiger partial charge in [-0.3, -0.25) is 0 Å². The van der Waals surface area contributed by atoms with Crippen molar-refractivity contribution < 1.29 is 14.2 Å². The summed E-state index contributed by atoms with van der Waals surface area (Å²) in [7, 11) is 0. The van der Waals surface area contributed by atoms with Gasteiger partial charge in [-0.1, -0.05) is 45.4 Å². The average molecular weight is 268 g/mol. The number of rotatable bonds is 8. The second-order valence-corrected chi connectivity index (χ2v) is 5.57. The molecule has 0 spiro atoms. The molecule has 3 nitrogen and oxygen atoms in total. The highest BCUT2D eigenvalue weighted by Crippen LogP contribution is 2.28. The predicted octanol–water partition coefficient (Wildman–Crippen LogP) is 4.52. The van der Waals surface area contributed by atoms with Crippen LogP contribution in [0, 0.1) is 0 Å². The molecule has 0 aromatic rings. The summed E-state index contributed by atoms with van der Waals surface area (Å²) < 4.78 is 17.0. The topological polar surface area (TPSA) is 27.7 Å². The van der Waals surface area contributed by atoms with Crippen molar-refractivity contribution in [2.24, 2.45) is 0 Å². The Kier molecular flexibility index (Phi) is 6.55. The maximum absolute atomic E-state index is 5.82. The van der Waals surface area contributed by atoms with Crippen LogP contribution in [0.1, 0.15) is 71.1 Å². The fourth-order valence-electron chi connectivity index (χ4n) is 2.67. The van der Waals surface area contributed by atoms with Crippen LogP contribution in [-0.2, 0) is 14.2 Å². The zero-order chi connectivity index (χ0) is 13.3. The first-order chi connectivity index (χ1) is 9.40. The van der Waals surface area contributed by atoms with E-state index >= 15 is 0 Å². The minimum absolute atomic E-state index is 0.0256. The molecule has 19 heavy (non-hydrogen) atoms. The number of hydrogen-bond donors (Lipinski definition) is 0. The first-order valence-corrected chi connectivity index (χ1v) is 8.03. The van der Waals surface area contributed by atoms with Gasteiger partial charge in [-0.2, -0.15) is 0 Å². The molecule has 0 bridgehead atoms. The third-order valence-electron chi connectivity index (χ3n) is 3.85. The quantitative estimate of drug-likeness (QED) is 0.606. The Morgan fingerprint density at radius 2 is 1.79 bits per heavy atom. The highest BCUT2D eigenvalue weighted by molar-refractivity contribution is 5.06. The lowest BCUT2D eigenvalue weighted by Crippen LogP contribution is -2.06. The van der Waals surface area contributed by atoms with Crippen LogP contribution in [0.5, 0.6) is 0 Å². The average Bonchev–Trinajstić information content (AvgIpc) is 3.08. The molecule has 110 valence electrons. The highest BCUT2D eigenvalue weighted by atomic mass is 16.7. The fraction of sp³-hybridized carbons (Fsp3) is 0.875. The van der Waals surface area contributed by atoms with Crippen molar-refractivity contribution in [3.63, 3.8) is 0 Å². The third kappa shape index (κ3) is 5.06. The molecule has 2 aliphatic rings. The summed E-state index contributed by atoms with van der Waals surface area (Å²) in [6.45, 7) is 3.70. The molecule has 2 rings (SSSR count). The van der Waals surface area contributed by atoms with Crippen molar-refractivity contribution in [2.75, 3.05) is 13.2 Å². The summed E-state index contributed by atoms with van der Waals surface area (Å²) in [5.74, 6) is 1.98. The molecular formula is C16H28O3. The van der Waals surface area contributed by atoms with Crippen molar-refractivity contribution in [2.45, 2.75) is 77.4 Å². The van der Waals surface area contributed by atoms with Gasteiger partial charge in [-0.05, 0) is 12.8 Å². The van der Waals surface area contributed by atoms with E-state index in [-0.39, 0.29) is 6.29 Å². The number of hydrogen-bond acceptors (Lipinski definition) is 3. The van der Waals surface area contributed by atoms with Crippen LogP contribution in [-0.4, -0.2) is 19.5 Å². The van der Waals surface area contributed by atoms with Gasteiger partial charge in [-0.25, -0.2) is 0 Å². The zero-order valence-electron chi connectivity index (χ0n) is 12.3. The molecule has 1 unspecified atom stereocenters. The Hall–Kier alpha value is -0.700. The molecule has 2 heterocycles. The van der Waals surface area contributed by atoms with Crippen LogP contribution in [0.2, 0.25) is 0 Å². The number of unbranched alkanes of at least 4 members (excludes halogenated alkanes) is 6. The summed E-state index contributed by atoms with van der Waals surface area (Å²) in [5.41, 5.74) is 0. The van der Waals surface area contributed by atoms with Crippen LogP contribution in [0.15, 0.2) is 11.5 Å². The Balaban J connectivity index is 1.52. The van der Waals surface area contributed by atoms with Crippen LogP contribution < -0.4 is 0 Å². The third-order valence-corrected chi connectivity index (χ3v) is 3.85. The first kappa shape index (κ1) is 14.7. The summed E-state index contributed by atoms with van der Waals surface area (Å²) in [6.07, 6.45) is 12.5. The van der Waals surface area contributed by atoms with E-state index in [4.69, 9.17) is 14.2 Å². The largest absolute Gasteiger partial charge is 0.494 e. The smallest absolute Gasteiger partial charge is 0.200 e. The molecule has 2 fully saturated rings. The molecule has 2 saturated heterocycles. The maximum Gasteiger partial charge on any atom is 0.200 e. The predicted molar refractivity (Wildman–Crippen MR) is 75.6 cm³/mol. The van der Waals surface area contributed by atoms with E-state index in [0.717, 1.165) is 37.4 Å². The van der Waals surface area contributed by atoms with E-state index < -0.39 is 0 Å². The minimum Gasteiger partial charge on any atom is -0.494 e. The van der Waals surface area contributed by atoms with Crippen molar-refractivity contribution in [1.29, 1.82) is 0 Å². The van der Waals surface area contributed by atoms with Crippen molar-refractivity contribution >= 4 is 0 Å². The van der Waals surface area contributed by atoms with Crippen molar-refractivity contribution in [3.8, 4) is 0 Å². The van der Waals surface area contributed by atoms with E-state index in [1.54, 1.807) is 0 Å². The summed E-state index contributed by atoms with van der Waals surface area (Å²) in [6, 6.07) is 0. The molecule has 1 atom stereocenters. The van der Waals surface area contributed by atoms with Gasteiger partial charge in [0.2, 0.25) is 0 Å². The van der Waals surface area contributed by atoms with E-state index in [9.17, 15) is 0 Å². The fourth-order valence-corrected chi connectivity index (χ4v) is 2.67. The van der Waals surface area contributed by atoms with Gasteiger partial charge in [0.05, 0.1) is 6.61 Å². The molecule has 0 N–H and O–H groups in total. The Labute approximate surface area is 117 Å². The lowest BCUT2D eigenvalue weighted by Gasteiger charge is -2.09. The Morgan fingerprint density at radius 1 is 1.00 bits per heavy atom. The Bertz CT molecular complexity index is 278. The standard InChI is InChI=1S/C16H28O3/c1-2-3-4-5-6-7-8-11-16-18-13-15(19-16)14-10-9-12-17-14/h16H,2-13H2,1H3/b15-14-. The van der Waals surface area contributed by atoms with Gasteiger partial charge in [-0.15, -0.1) is 0 Å². The molecule has 3 heteroatoms. The number of ether oxygens (including phenoxy) is 3. The van der Waals surface area contributed by atoms with E-state index in [1.165, 1.54) is 44.9 Å². The number of allylic oxidation sites excluding steroid dienone is 1. The molecular weight excluding hydrogens is 240 g/mol. The van der Waals surface area contributed by atoms with Crippen LogP contribution in [0.25, 0.3) is 0 Å². The second-order valence-electron chi connectivity index (χ2n) is 5.57. The lowest BCUT2D eigenvalue weighted by molar-refractivity contribution is -0.0398. The molecule has 0 amide bonds. The zero-order valence-corrected chi connectivity index (χ0v) is 12.3. The van der Waals surface area contributed by atoms with Gasteiger partial charge in [0, 0.05) is 12.8 Å². The van der Waals surface area contributed by atoms with Gasteiger partial charge < -0.3 is 14.2 Å².